The summed E-state index contributed by atoms with van der Waals surface area (Å²) in [5, 5.41) is 6.77. The molecule has 0 fully saturated rings. The van der Waals surface area contributed by atoms with Crippen LogP contribution in [-0.2, 0) is 0 Å². The van der Waals surface area contributed by atoms with E-state index in [9.17, 15) is 0 Å². The van der Waals surface area contributed by atoms with E-state index >= 15 is 0 Å². The Morgan fingerprint density at radius 2 is 1.87 bits per heavy atom. The zero-order valence-corrected chi connectivity index (χ0v) is 17.6. The Kier molecular flexibility index (Phi) is 9.53. The van der Waals surface area contributed by atoms with Crippen LogP contribution in [0.3, 0.4) is 0 Å². The molecule has 132 valence electrons. The molecule has 1 atom stereocenters. The first-order valence-corrected chi connectivity index (χ1v) is 7.56. The molecule has 1 aromatic rings. The number of ether oxygens (including phenoxy) is 1. The minimum Gasteiger partial charge on any atom is -0.496 e. The Morgan fingerprint density at radius 3 is 2.35 bits per heavy atom. The van der Waals surface area contributed by atoms with Crippen molar-refractivity contribution in [1.82, 2.24) is 15.5 Å². The molecule has 1 unspecified atom stereocenters. The van der Waals surface area contributed by atoms with E-state index in [0.29, 0.717) is 0 Å². The summed E-state index contributed by atoms with van der Waals surface area (Å²) in [6.07, 6.45) is 0. The van der Waals surface area contributed by atoms with Crippen molar-refractivity contribution in [3.63, 3.8) is 0 Å². The Labute approximate surface area is 157 Å². The zero-order chi connectivity index (χ0) is 16.8. The van der Waals surface area contributed by atoms with E-state index in [1.54, 1.807) is 14.2 Å². The topological polar surface area (TPSA) is 48.9 Å². The molecular formula is C17H31IN4O. The molecule has 0 aliphatic rings. The molecule has 0 aliphatic carbocycles. The Hall–Kier alpha value is -1.02. The monoisotopic (exact) mass is 434 g/mol. The summed E-state index contributed by atoms with van der Waals surface area (Å²) in [6.45, 7) is 7.08. The smallest absolute Gasteiger partial charge is 0.191 e. The predicted molar refractivity (Wildman–Crippen MR) is 109 cm³/mol. The van der Waals surface area contributed by atoms with E-state index in [4.69, 9.17) is 4.74 Å². The summed E-state index contributed by atoms with van der Waals surface area (Å²) >= 11 is 0. The molecule has 6 heteroatoms. The molecule has 0 saturated heterocycles. The van der Waals surface area contributed by atoms with Crippen molar-refractivity contribution in [2.45, 2.75) is 32.4 Å². The summed E-state index contributed by atoms with van der Waals surface area (Å²) in [4.78, 5) is 6.46. The number of halogens is 1. The second-order valence-corrected chi connectivity index (χ2v) is 6.55. The van der Waals surface area contributed by atoms with Crippen LogP contribution in [-0.4, -0.2) is 51.2 Å². The van der Waals surface area contributed by atoms with Gasteiger partial charge in [-0.15, -0.1) is 24.0 Å². The molecule has 0 spiro atoms. The quantitative estimate of drug-likeness (QED) is 0.425. The number of para-hydroxylation sites is 1. The fourth-order valence-corrected chi connectivity index (χ4v) is 2.24. The molecular weight excluding hydrogens is 403 g/mol. The number of likely N-dealkylation sites (N-methyl/N-ethyl adjacent to an activating group) is 1. The van der Waals surface area contributed by atoms with E-state index in [2.05, 4.69) is 61.5 Å². The zero-order valence-electron chi connectivity index (χ0n) is 15.3. The van der Waals surface area contributed by atoms with E-state index in [1.165, 1.54) is 0 Å². The van der Waals surface area contributed by atoms with Gasteiger partial charge in [0.2, 0.25) is 0 Å². The average Bonchev–Trinajstić information content (AvgIpc) is 2.45. The minimum atomic E-state index is -0.0279. The number of nitrogens with zero attached hydrogens (tertiary/aromatic N) is 2. The number of rotatable bonds is 5. The molecule has 0 aliphatic heterocycles. The van der Waals surface area contributed by atoms with Gasteiger partial charge in [-0.3, -0.25) is 4.99 Å². The Bertz CT molecular complexity index is 498. The van der Waals surface area contributed by atoms with E-state index < -0.39 is 0 Å². The molecule has 23 heavy (non-hydrogen) atoms. The number of aliphatic imine (C=N–C) groups is 1. The summed E-state index contributed by atoms with van der Waals surface area (Å²) in [5.41, 5.74) is 1.13. The van der Waals surface area contributed by atoms with Crippen molar-refractivity contribution in [3.8, 4) is 5.75 Å². The molecule has 0 aromatic heterocycles. The number of nitrogens with one attached hydrogen (secondary N) is 2. The number of hydrogen-bond donors (Lipinski definition) is 2. The predicted octanol–water partition coefficient (Wildman–Crippen LogP) is 2.88. The van der Waals surface area contributed by atoms with Gasteiger partial charge in [0.15, 0.2) is 5.96 Å². The lowest BCUT2D eigenvalue weighted by atomic mass is 10.0. The third kappa shape index (κ3) is 7.39. The summed E-state index contributed by atoms with van der Waals surface area (Å²) in [5.74, 6) is 1.70. The van der Waals surface area contributed by atoms with E-state index in [-0.39, 0.29) is 35.6 Å². The maximum atomic E-state index is 5.49. The van der Waals surface area contributed by atoms with E-state index in [0.717, 1.165) is 23.8 Å². The van der Waals surface area contributed by atoms with Gasteiger partial charge in [0.25, 0.3) is 0 Å². The first-order valence-electron chi connectivity index (χ1n) is 7.56. The molecule has 1 aromatic carbocycles. The fraction of sp³-hybridized carbons (Fsp3) is 0.588. The van der Waals surface area contributed by atoms with Gasteiger partial charge in [-0.25, -0.2) is 0 Å². The van der Waals surface area contributed by atoms with Crippen molar-refractivity contribution < 1.29 is 4.74 Å². The maximum absolute atomic E-state index is 5.49. The van der Waals surface area contributed by atoms with Crippen LogP contribution in [0.1, 0.15) is 32.4 Å². The maximum Gasteiger partial charge on any atom is 0.191 e. The number of hydrogen-bond acceptors (Lipinski definition) is 3. The first kappa shape index (κ1) is 22.0. The third-order valence-corrected chi connectivity index (χ3v) is 3.30. The second kappa shape index (κ2) is 9.97. The van der Waals surface area contributed by atoms with Gasteiger partial charge in [0, 0.05) is 24.7 Å². The second-order valence-electron chi connectivity index (χ2n) is 6.55. The number of methoxy groups -OCH3 is 1. The molecule has 0 radical (unpaired) electrons. The molecule has 2 N–H and O–H groups in total. The molecule has 5 nitrogen and oxygen atoms in total. The van der Waals surface area contributed by atoms with Crippen LogP contribution in [0.4, 0.5) is 0 Å². The lowest BCUT2D eigenvalue weighted by Crippen LogP contribution is -2.49. The van der Waals surface area contributed by atoms with Crippen molar-refractivity contribution in [3.05, 3.63) is 29.8 Å². The molecule has 0 bridgehead atoms. The Balaban J connectivity index is 0.00000484. The summed E-state index contributed by atoms with van der Waals surface area (Å²) in [7, 11) is 7.63. The Morgan fingerprint density at radius 1 is 1.26 bits per heavy atom. The van der Waals surface area contributed by atoms with Crippen LogP contribution in [0.25, 0.3) is 0 Å². The van der Waals surface area contributed by atoms with Gasteiger partial charge in [-0.05, 0) is 40.9 Å². The molecule has 1 rings (SSSR count). The van der Waals surface area contributed by atoms with Crippen LogP contribution in [0, 0.1) is 0 Å². The van der Waals surface area contributed by atoms with E-state index in [1.807, 2.05) is 18.2 Å². The van der Waals surface area contributed by atoms with Crippen molar-refractivity contribution in [2.24, 2.45) is 4.99 Å². The largest absolute Gasteiger partial charge is 0.496 e. The average molecular weight is 434 g/mol. The highest BCUT2D eigenvalue weighted by atomic mass is 127. The fourth-order valence-electron chi connectivity index (χ4n) is 2.24. The first-order chi connectivity index (χ1) is 10.3. The van der Waals surface area contributed by atoms with Crippen molar-refractivity contribution in [2.75, 3.05) is 34.8 Å². The highest BCUT2D eigenvalue weighted by Crippen LogP contribution is 2.27. The lowest BCUT2D eigenvalue weighted by molar-refractivity contribution is 0.287. The highest BCUT2D eigenvalue weighted by molar-refractivity contribution is 14.0. The van der Waals surface area contributed by atoms with Gasteiger partial charge in [-0.2, -0.15) is 0 Å². The van der Waals surface area contributed by atoms with Crippen LogP contribution < -0.4 is 15.4 Å². The third-order valence-electron chi connectivity index (χ3n) is 3.30. The number of guanidine groups is 1. The van der Waals surface area contributed by atoms with Gasteiger partial charge < -0.3 is 20.3 Å². The van der Waals surface area contributed by atoms with Crippen LogP contribution in [0.5, 0.6) is 5.75 Å². The lowest BCUT2D eigenvalue weighted by Gasteiger charge is -2.29. The van der Waals surface area contributed by atoms with Gasteiger partial charge >= 0.3 is 0 Å². The van der Waals surface area contributed by atoms with Gasteiger partial charge in [0.1, 0.15) is 5.75 Å². The minimum absolute atomic E-state index is 0. The van der Waals surface area contributed by atoms with Crippen LogP contribution in [0.15, 0.2) is 29.3 Å². The highest BCUT2D eigenvalue weighted by Gasteiger charge is 2.19. The standard InChI is InChI=1S/C17H30N4O.HI/c1-17(2,3)20-16(18-4)19-12-14(21(5)6)13-10-8-9-11-15(13)22-7;/h8-11,14H,12H2,1-7H3,(H2,18,19,20);1H. The van der Waals surface area contributed by atoms with Crippen molar-refractivity contribution in [1.29, 1.82) is 0 Å². The number of benzene rings is 1. The molecule has 0 saturated carbocycles. The van der Waals surface area contributed by atoms with Gasteiger partial charge in [0.05, 0.1) is 13.2 Å². The van der Waals surface area contributed by atoms with Crippen LogP contribution >= 0.6 is 24.0 Å². The van der Waals surface area contributed by atoms with Crippen LogP contribution in [0.2, 0.25) is 0 Å². The van der Waals surface area contributed by atoms with Crippen molar-refractivity contribution >= 4 is 29.9 Å². The molecule has 0 heterocycles. The van der Waals surface area contributed by atoms with Gasteiger partial charge in [-0.1, -0.05) is 18.2 Å². The SMILES string of the molecule is CN=C(NCC(c1ccccc1OC)N(C)C)NC(C)(C)C.I. The normalized spacial score (nSPS) is 13.3. The summed E-state index contributed by atoms with van der Waals surface area (Å²) < 4.78 is 5.49. The summed E-state index contributed by atoms with van der Waals surface area (Å²) in [6, 6.07) is 8.31. The molecule has 0 amide bonds.